The van der Waals surface area contributed by atoms with Crippen LogP contribution in [-0.2, 0) is 20.9 Å². The molecule has 2 amide bonds. The van der Waals surface area contributed by atoms with E-state index >= 15 is 0 Å². The lowest BCUT2D eigenvalue weighted by atomic mass is 10.2. The number of rotatable bonds is 6. The number of amides is 2. The Morgan fingerprint density at radius 1 is 1.03 bits per heavy atom. The van der Waals surface area contributed by atoms with Crippen molar-refractivity contribution < 1.29 is 23.9 Å². The SMILES string of the molecule is CC(C)(C)OC(=O)NCC(=O)N1CCCN1c1cccc(C(=O)OCc2ccc(Cl)c(Cl)c2)c1. The van der Waals surface area contributed by atoms with Crippen molar-refractivity contribution in [3.05, 3.63) is 63.6 Å². The van der Waals surface area contributed by atoms with Crippen molar-refractivity contribution in [2.45, 2.75) is 39.4 Å². The van der Waals surface area contributed by atoms with E-state index in [1.807, 2.05) is 6.07 Å². The molecule has 182 valence electrons. The normalized spacial score (nSPS) is 13.6. The Kier molecular flexibility index (Phi) is 8.28. The Morgan fingerprint density at radius 3 is 2.50 bits per heavy atom. The molecule has 0 radical (unpaired) electrons. The van der Waals surface area contributed by atoms with Gasteiger partial charge in [0.1, 0.15) is 18.8 Å². The van der Waals surface area contributed by atoms with Gasteiger partial charge in [-0.2, -0.15) is 0 Å². The standard InChI is InChI=1S/C24H27Cl2N3O5/c1-24(2,3)34-23(32)27-14-21(30)29-11-5-10-28(29)18-7-4-6-17(13-18)22(31)33-15-16-8-9-19(25)20(26)12-16/h4,6-9,12-13H,5,10-11,14-15H2,1-3H3,(H,27,32). The average molecular weight is 508 g/mol. The number of esters is 1. The maximum absolute atomic E-state index is 12.7. The summed E-state index contributed by atoms with van der Waals surface area (Å²) >= 11 is 11.9. The van der Waals surface area contributed by atoms with E-state index in [0.717, 1.165) is 6.42 Å². The van der Waals surface area contributed by atoms with E-state index in [2.05, 4.69) is 5.32 Å². The molecule has 0 saturated carbocycles. The minimum atomic E-state index is -0.654. The van der Waals surface area contributed by atoms with Crippen molar-refractivity contribution in [2.75, 3.05) is 24.6 Å². The third-order valence-corrected chi connectivity index (χ3v) is 5.57. The van der Waals surface area contributed by atoms with Crippen molar-refractivity contribution >= 4 is 46.9 Å². The highest BCUT2D eigenvalue weighted by atomic mass is 35.5. The van der Waals surface area contributed by atoms with Crippen LogP contribution in [-0.4, -0.2) is 48.2 Å². The number of hydrazine groups is 1. The highest BCUT2D eigenvalue weighted by Crippen LogP contribution is 2.25. The van der Waals surface area contributed by atoms with Gasteiger partial charge < -0.3 is 14.8 Å². The molecule has 0 spiro atoms. The molecule has 1 aliphatic heterocycles. The number of anilines is 1. The number of halogens is 2. The maximum atomic E-state index is 12.7. The lowest BCUT2D eigenvalue weighted by Gasteiger charge is -2.30. The van der Waals surface area contributed by atoms with Gasteiger partial charge in [0.05, 0.1) is 21.3 Å². The molecule has 0 aromatic heterocycles. The Bertz CT molecular complexity index is 1070. The van der Waals surface area contributed by atoms with Crippen molar-refractivity contribution in [1.29, 1.82) is 0 Å². The zero-order valence-electron chi connectivity index (χ0n) is 19.3. The van der Waals surface area contributed by atoms with Crippen LogP contribution in [0.25, 0.3) is 0 Å². The number of carbonyl (C=O) groups is 3. The molecule has 2 aromatic rings. The van der Waals surface area contributed by atoms with Crippen molar-refractivity contribution in [2.24, 2.45) is 0 Å². The number of alkyl carbamates (subject to hydrolysis) is 1. The summed E-state index contributed by atoms with van der Waals surface area (Å²) in [7, 11) is 0. The summed E-state index contributed by atoms with van der Waals surface area (Å²) in [6.45, 7) is 6.19. The Morgan fingerprint density at radius 2 is 1.79 bits per heavy atom. The number of benzene rings is 2. The van der Waals surface area contributed by atoms with Gasteiger partial charge in [0.2, 0.25) is 0 Å². The van der Waals surface area contributed by atoms with Gasteiger partial charge in [-0.25, -0.2) is 9.59 Å². The first-order valence-electron chi connectivity index (χ1n) is 10.8. The molecule has 0 unspecified atom stereocenters. The summed E-state index contributed by atoms with van der Waals surface area (Å²) in [6, 6.07) is 11.9. The predicted molar refractivity (Wildman–Crippen MR) is 130 cm³/mol. The molecular formula is C24H27Cl2N3O5. The van der Waals surface area contributed by atoms with Crippen LogP contribution in [0.5, 0.6) is 0 Å². The topological polar surface area (TPSA) is 88.2 Å². The van der Waals surface area contributed by atoms with E-state index in [4.69, 9.17) is 32.7 Å². The summed E-state index contributed by atoms with van der Waals surface area (Å²) < 4.78 is 10.6. The summed E-state index contributed by atoms with van der Waals surface area (Å²) in [6.07, 6.45) is 0.0998. The molecule has 0 atom stereocenters. The molecule has 10 heteroatoms. The van der Waals surface area contributed by atoms with Crippen LogP contribution in [0, 0.1) is 0 Å². The number of carbonyl (C=O) groups excluding carboxylic acids is 3. The monoisotopic (exact) mass is 507 g/mol. The summed E-state index contributed by atoms with van der Waals surface area (Å²) in [5, 5.41) is 6.64. The van der Waals surface area contributed by atoms with Gasteiger partial charge in [0.15, 0.2) is 0 Å². The third kappa shape index (κ3) is 7.01. The zero-order chi connectivity index (χ0) is 24.9. The molecule has 1 N–H and O–H groups in total. The lowest BCUT2D eigenvalue weighted by molar-refractivity contribution is -0.129. The van der Waals surface area contributed by atoms with Gasteiger partial charge in [-0.3, -0.25) is 14.8 Å². The van der Waals surface area contributed by atoms with Crippen LogP contribution >= 0.6 is 23.2 Å². The van der Waals surface area contributed by atoms with E-state index in [9.17, 15) is 14.4 Å². The van der Waals surface area contributed by atoms with Gasteiger partial charge in [0, 0.05) is 13.1 Å². The highest BCUT2D eigenvalue weighted by Gasteiger charge is 2.28. The van der Waals surface area contributed by atoms with Crippen LogP contribution < -0.4 is 10.3 Å². The molecule has 0 aliphatic carbocycles. The number of nitrogens with zero attached hydrogens (tertiary/aromatic N) is 2. The van der Waals surface area contributed by atoms with Gasteiger partial charge >= 0.3 is 12.1 Å². The molecule has 3 rings (SSSR count). The Balaban J connectivity index is 1.61. The van der Waals surface area contributed by atoms with E-state index in [-0.39, 0.29) is 19.1 Å². The first-order chi connectivity index (χ1) is 16.0. The van der Waals surface area contributed by atoms with Gasteiger partial charge in [0.25, 0.3) is 5.91 Å². The minimum absolute atomic E-state index is 0.0462. The smallest absolute Gasteiger partial charge is 0.408 e. The molecular weight excluding hydrogens is 481 g/mol. The first-order valence-corrected chi connectivity index (χ1v) is 11.5. The van der Waals surface area contributed by atoms with Gasteiger partial charge in [-0.15, -0.1) is 0 Å². The fourth-order valence-electron chi connectivity index (χ4n) is 3.35. The Labute approximate surface area is 208 Å². The van der Waals surface area contributed by atoms with Crippen molar-refractivity contribution in [1.82, 2.24) is 10.3 Å². The number of nitrogens with one attached hydrogen (secondary N) is 1. The highest BCUT2D eigenvalue weighted by molar-refractivity contribution is 6.42. The van der Waals surface area contributed by atoms with Gasteiger partial charge in [-0.1, -0.05) is 35.3 Å². The predicted octanol–water partition coefficient (Wildman–Crippen LogP) is 4.83. The quantitative estimate of drug-likeness (QED) is 0.563. The van der Waals surface area contributed by atoms with E-state index in [1.165, 1.54) is 0 Å². The molecule has 1 heterocycles. The van der Waals surface area contributed by atoms with Gasteiger partial charge in [-0.05, 0) is 63.1 Å². The first kappa shape index (κ1) is 25.6. The maximum Gasteiger partial charge on any atom is 0.408 e. The fourth-order valence-corrected chi connectivity index (χ4v) is 3.67. The van der Waals surface area contributed by atoms with Crippen LogP contribution in [0.1, 0.15) is 43.1 Å². The van der Waals surface area contributed by atoms with E-state index in [0.29, 0.717) is 39.9 Å². The Hall–Kier alpha value is -2.97. The third-order valence-electron chi connectivity index (χ3n) is 4.84. The summed E-state index contributed by atoms with van der Waals surface area (Å²) in [4.78, 5) is 37.2. The number of ether oxygens (including phenoxy) is 2. The molecule has 1 fully saturated rings. The van der Waals surface area contributed by atoms with Crippen LogP contribution in [0.3, 0.4) is 0 Å². The second-order valence-corrected chi connectivity index (χ2v) is 9.54. The molecule has 0 bridgehead atoms. The van der Waals surface area contributed by atoms with E-state index in [1.54, 1.807) is 67.2 Å². The molecule has 8 nitrogen and oxygen atoms in total. The van der Waals surface area contributed by atoms with Crippen molar-refractivity contribution in [3.63, 3.8) is 0 Å². The second-order valence-electron chi connectivity index (χ2n) is 8.72. The minimum Gasteiger partial charge on any atom is -0.457 e. The summed E-state index contributed by atoms with van der Waals surface area (Å²) in [5.41, 5.74) is 1.09. The average Bonchev–Trinajstić information content (AvgIpc) is 3.27. The largest absolute Gasteiger partial charge is 0.457 e. The molecule has 34 heavy (non-hydrogen) atoms. The van der Waals surface area contributed by atoms with E-state index < -0.39 is 17.7 Å². The molecule has 2 aromatic carbocycles. The lowest BCUT2D eigenvalue weighted by Crippen LogP contribution is -2.47. The zero-order valence-corrected chi connectivity index (χ0v) is 20.8. The second kappa shape index (κ2) is 11.0. The molecule has 1 saturated heterocycles. The van der Waals surface area contributed by atoms with Crippen LogP contribution in [0.15, 0.2) is 42.5 Å². The van der Waals surface area contributed by atoms with Crippen LogP contribution in [0.4, 0.5) is 10.5 Å². The van der Waals surface area contributed by atoms with Crippen molar-refractivity contribution in [3.8, 4) is 0 Å². The fraction of sp³-hybridized carbons (Fsp3) is 0.375. The number of hydrogen-bond acceptors (Lipinski definition) is 6. The van der Waals surface area contributed by atoms with Crippen LogP contribution in [0.2, 0.25) is 10.0 Å². The number of hydrogen-bond donors (Lipinski definition) is 1. The molecule has 1 aliphatic rings. The summed E-state index contributed by atoms with van der Waals surface area (Å²) in [5.74, 6) is -0.785.